The molecule has 2 atom stereocenters. The van der Waals surface area contributed by atoms with Crippen molar-refractivity contribution in [3.8, 4) is 0 Å². The van der Waals surface area contributed by atoms with Crippen LogP contribution in [-0.2, 0) is 4.74 Å². The van der Waals surface area contributed by atoms with Gasteiger partial charge in [0.1, 0.15) is 0 Å². The van der Waals surface area contributed by atoms with Crippen molar-refractivity contribution in [2.45, 2.75) is 43.7 Å². The molecule has 0 aliphatic carbocycles. The summed E-state index contributed by atoms with van der Waals surface area (Å²) < 4.78 is 5.48. The number of ether oxygens (including phenoxy) is 1. The van der Waals surface area contributed by atoms with Gasteiger partial charge in [-0.3, -0.25) is 9.89 Å². The second-order valence-corrected chi connectivity index (χ2v) is 7.96. The van der Waals surface area contributed by atoms with Gasteiger partial charge in [0.15, 0.2) is 5.69 Å². The summed E-state index contributed by atoms with van der Waals surface area (Å²) in [7, 11) is 0. The lowest BCUT2D eigenvalue weighted by Crippen LogP contribution is -2.53. The zero-order valence-corrected chi connectivity index (χ0v) is 14.5. The number of carbonyl (C=O) groups excluding carboxylic acids is 1. The van der Waals surface area contributed by atoms with E-state index in [0.717, 1.165) is 56.5 Å². The van der Waals surface area contributed by atoms with E-state index in [1.54, 1.807) is 0 Å². The molecule has 0 spiro atoms. The van der Waals surface area contributed by atoms with Gasteiger partial charge < -0.3 is 15.0 Å². The van der Waals surface area contributed by atoms with Gasteiger partial charge in [-0.1, -0.05) is 6.07 Å². The average molecular weight is 340 g/mol. The van der Waals surface area contributed by atoms with E-state index < -0.39 is 0 Å². The van der Waals surface area contributed by atoms with Crippen molar-refractivity contribution in [1.82, 2.24) is 20.4 Å². The summed E-state index contributed by atoms with van der Waals surface area (Å²) >= 11 is 0. The molecule has 1 aromatic carbocycles. The third-order valence-electron chi connectivity index (χ3n) is 6.24. The number of benzene rings is 1. The van der Waals surface area contributed by atoms with Gasteiger partial charge in [-0.05, 0) is 49.8 Å². The van der Waals surface area contributed by atoms with Gasteiger partial charge >= 0.3 is 0 Å². The molecular formula is C19H24N4O2. The molecule has 132 valence electrons. The first-order valence-corrected chi connectivity index (χ1v) is 9.25. The van der Waals surface area contributed by atoms with Crippen LogP contribution in [0.2, 0.25) is 0 Å². The number of amides is 1. The number of nitrogens with one attached hydrogen (secondary N) is 2. The van der Waals surface area contributed by atoms with Gasteiger partial charge in [-0.15, -0.1) is 0 Å². The van der Waals surface area contributed by atoms with Crippen LogP contribution in [0.5, 0.6) is 0 Å². The first kappa shape index (κ1) is 15.3. The quantitative estimate of drug-likeness (QED) is 0.878. The van der Waals surface area contributed by atoms with Gasteiger partial charge in [0, 0.05) is 37.7 Å². The van der Waals surface area contributed by atoms with Gasteiger partial charge in [-0.25, -0.2) is 0 Å². The van der Waals surface area contributed by atoms with E-state index in [9.17, 15) is 4.79 Å². The fourth-order valence-corrected chi connectivity index (χ4v) is 4.75. The van der Waals surface area contributed by atoms with Crippen LogP contribution in [0.15, 0.2) is 18.2 Å². The second-order valence-electron chi connectivity index (χ2n) is 7.96. The molecular weight excluding hydrogens is 316 g/mol. The fourth-order valence-electron chi connectivity index (χ4n) is 4.75. The molecule has 4 heterocycles. The van der Waals surface area contributed by atoms with E-state index in [4.69, 9.17) is 4.74 Å². The number of rotatable bonds is 2. The molecule has 6 heteroatoms. The number of hydrogen-bond donors (Lipinski definition) is 2. The molecule has 6 nitrogen and oxygen atoms in total. The average Bonchev–Trinajstić information content (AvgIpc) is 3.32. The Morgan fingerprint density at radius 1 is 1.36 bits per heavy atom. The van der Waals surface area contributed by atoms with Crippen molar-refractivity contribution in [2.24, 2.45) is 0 Å². The van der Waals surface area contributed by atoms with Gasteiger partial charge in [0.05, 0.1) is 11.1 Å². The largest absolute Gasteiger partial charge is 0.381 e. The van der Waals surface area contributed by atoms with Crippen LogP contribution in [0.25, 0.3) is 10.9 Å². The molecule has 1 amide bonds. The molecule has 2 N–H and O–H groups in total. The van der Waals surface area contributed by atoms with Crippen molar-refractivity contribution in [1.29, 1.82) is 0 Å². The highest BCUT2D eigenvalue weighted by atomic mass is 16.5. The van der Waals surface area contributed by atoms with Crippen molar-refractivity contribution in [3.05, 3.63) is 29.5 Å². The predicted molar refractivity (Wildman–Crippen MR) is 94.7 cm³/mol. The Morgan fingerprint density at radius 3 is 2.92 bits per heavy atom. The van der Waals surface area contributed by atoms with E-state index in [1.807, 2.05) is 4.90 Å². The number of nitrogens with zero attached hydrogens (tertiary/aromatic N) is 2. The summed E-state index contributed by atoms with van der Waals surface area (Å²) in [5.74, 6) is 0.572. The van der Waals surface area contributed by atoms with Crippen LogP contribution in [0.4, 0.5) is 0 Å². The minimum Gasteiger partial charge on any atom is -0.381 e. The summed E-state index contributed by atoms with van der Waals surface area (Å²) in [5.41, 5.74) is 2.72. The maximum absolute atomic E-state index is 13.2. The Morgan fingerprint density at radius 2 is 2.20 bits per heavy atom. The number of likely N-dealkylation sites (tertiary alicyclic amines) is 1. The summed E-state index contributed by atoms with van der Waals surface area (Å²) in [6.45, 7) is 5.47. The van der Waals surface area contributed by atoms with Crippen LogP contribution in [-0.4, -0.2) is 58.9 Å². The zero-order chi connectivity index (χ0) is 17.0. The normalized spacial score (nSPS) is 29.6. The van der Waals surface area contributed by atoms with Gasteiger partial charge in [0.25, 0.3) is 5.91 Å². The minimum atomic E-state index is -0.0780. The second kappa shape index (κ2) is 5.54. The number of aromatic nitrogens is 2. The number of carbonyl (C=O) groups is 1. The summed E-state index contributed by atoms with van der Waals surface area (Å²) in [4.78, 5) is 15.2. The Balaban J connectivity index is 1.49. The first-order valence-electron chi connectivity index (χ1n) is 9.25. The molecule has 25 heavy (non-hydrogen) atoms. The highest BCUT2D eigenvalue weighted by Gasteiger charge is 2.50. The first-order chi connectivity index (χ1) is 12.1. The van der Waals surface area contributed by atoms with Crippen molar-refractivity contribution in [3.63, 3.8) is 0 Å². The third-order valence-corrected chi connectivity index (χ3v) is 6.24. The number of hydrogen-bond acceptors (Lipinski definition) is 4. The van der Waals surface area contributed by atoms with Crippen LogP contribution in [0.1, 0.15) is 48.2 Å². The maximum atomic E-state index is 13.2. The van der Waals surface area contributed by atoms with E-state index in [0.29, 0.717) is 17.7 Å². The maximum Gasteiger partial charge on any atom is 0.275 e. The van der Waals surface area contributed by atoms with Crippen molar-refractivity contribution in [2.75, 3.05) is 26.3 Å². The predicted octanol–water partition coefficient (Wildman–Crippen LogP) is 2.03. The molecule has 0 saturated carbocycles. The van der Waals surface area contributed by atoms with Crippen LogP contribution < -0.4 is 5.32 Å². The molecule has 1 aromatic heterocycles. The van der Waals surface area contributed by atoms with E-state index in [2.05, 4.69) is 40.6 Å². The molecule has 2 bridgehead atoms. The highest BCUT2D eigenvalue weighted by Crippen LogP contribution is 2.36. The van der Waals surface area contributed by atoms with Crippen molar-refractivity contribution >= 4 is 16.8 Å². The zero-order valence-electron chi connectivity index (χ0n) is 14.5. The SMILES string of the molecule is C[C@]12CN[C@H](CN1C(=O)c1n[nH]c3ccc(C4CCOCC4)cc13)C2. The number of piperazine rings is 1. The third kappa shape index (κ3) is 2.39. The Kier molecular flexibility index (Phi) is 3.40. The molecule has 3 aliphatic heterocycles. The van der Waals surface area contributed by atoms with Crippen LogP contribution in [0.3, 0.4) is 0 Å². The number of fused-ring (bicyclic) bond motifs is 3. The van der Waals surface area contributed by atoms with E-state index in [1.165, 1.54) is 5.56 Å². The van der Waals surface area contributed by atoms with Crippen LogP contribution in [0, 0.1) is 0 Å². The monoisotopic (exact) mass is 340 g/mol. The minimum absolute atomic E-state index is 0.0573. The topological polar surface area (TPSA) is 70.2 Å². The van der Waals surface area contributed by atoms with E-state index >= 15 is 0 Å². The van der Waals surface area contributed by atoms with Gasteiger partial charge in [0.2, 0.25) is 0 Å². The molecule has 0 unspecified atom stereocenters. The molecule has 2 aromatic rings. The summed E-state index contributed by atoms with van der Waals surface area (Å²) in [6.07, 6.45) is 3.13. The molecule has 3 saturated heterocycles. The highest BCUT2D eigenvalue weighted by molar-refractivity contribution is 6.05. The van der Waals surface area contributed by atoms with Crippen molar-refractivity contribution < 1.29 is 9.53 Å². The lowest BCUT2D eigenvalue weighted by Gasteiger charge is -2.35. The number of H-pyrrole nitrogens is 1. The molecule has 3 fully saturated rings. The Hall–Kier alpha value is -1.92. The Bertz CT molecular complexity index is 826. The Labute approximate surface area is 146 Å². The fraction of sp³-hybridized carbons (Fsp3) is 0.579. The molecule has 0 radical (unpaired) electrons. The summed E-state index contributed by atoms with van der Waals surface area (Å²) in [6, 6.07) is 6.81. The smallest absolute Gasteiger partial charge is 0.275 e. The van der Waals surface area contributed by atoms with Gasteiger partial charge in [-0.2, -0.15) is 5.10 Å². The molecule has 3 aliphatic rings. The standard InChI is InChI=1S/C19H24N4O2/c1-19-9-14(20-11-19)10-23(19)18(24)17-15-8-13(2-3-16(15)21-22-17)12-4-6-25-7-5-12/h2-3,8,12,14,20H,4-7,9-11H2,1H3,(H,21,22)/t14-,19-/m0/s1. The number of aromatic amines is 1. The lowest BCUT2D eigenvalue weighted by molar-refractivity contribution is 0.0597. The molecule has 5 rings (SSSR count). The lowest BCUT2D eigenvalue weighted by atomic mass is 9.91. The van der Waals surface area contributed by atoms with Crippen LogP contribution >= 0.6 is 0 Å². The summed E-state index contributed by atoms with van der Waals surface area (Å²) in [5, 5.41) is 11.9. The van der Waals surface area contributed by atoms with E-state index in [-0.39, 0.29) is 11.4 Å².